The molecule has 1 aromatic rings. The number of carbonyl (C=O) groups is 1. The van der Waals surface area contributed by atoms with Gasteiger partial charge in [-0.3, -0.25) is 4.79 Å². The molecule has 0 aliphatic heterocycles. The highest BCUT2D eigenvalue weighted by atomic mass is 19.1. The third-order valence-electron chi connectivity index (χ3n) is 2.31. The summed E-state index contributed by atoms with van der Waals surface area (Å²) in [4.78, 5) is 11.4. The van der Waals surface area contributed by atoms with Crippen LogP contribution < -0.4 is 16.4 Å². The van der Waals surface area contributed by atoms with Gasteiger partial charge in [0.1, 0.15) is 5.82 Å². The quantitative estimate of drug-likeness (QED) is 0.679. The molecule has 0 spiro atoms. The van der Waals surface area contributed by atoms with Gasteiger partial charge >= 0.3 is 0 Å². The first-order valence-corrected chi connectivity index (χ1v) is 6.04. The lowest BCUT2D eigenvalue weighted by molar-refractivity contribution is -0.120. The Labute approximate surface area is 107 Å². The van der Waals surface area contributed by atoms with Crippen molar-refractivity contribution in [3.05, 3.63) is 24.0 Å². The van der Waals surface area contributed by atoms with E-state index < -0.39 is 0 Å². The lowest BCUT2D eigenvalue weighted by atomic mass is 10.2. The summed E-state index contributed by atoms with van der Waals surface area (Å²) in [5.74, 6) is 0.0345. The maximum absolute atomic E-state index is 13.0. The van der Waals surface area contributed by atoms with Crippen molar-refractivity contribution >= 4 is 17.3 Å². The number of benzene rings is 1. The SMILES string of the molecule is CC(C)CNC(=O)CCNc1cc(N)cc(F)c1. The van der Waals surface area contributed by atoms with Gasteiger partial charge in [0.25, 0.3) is 0 Å². The second kappa shape index (κ2) is 6.83. The third kappa shape index (κ3) is 5.52. The molecule has 4 N–H and O–H groups in total. The van der Waals surface area contributed by atoms with Gasteiger partial charge in [0.05, 0.1) is 0 Å². The standard InChI is InChI=1S/C13H20FN3O/c1-9(2)8-17-13(18)3-4-16-12-6-10(14)5-11(15)7-12/h5-7,9,16H,3-4,8,15H2,1-2H3,(H,17,18). The van der Waals surface area contributed by atoms with Gasteiger partial charge in [0, 0.05) is 30.9 Å². The first-order valence-electron chi connectivity index (χ1n) is 6.04. The molecule has 5 heteroatoms. The Morgan fingerprint density at radius 3 is 2.72 bits per heavy atom. The maximum atomic E-state index is 13.0. The molecule has 0 aromatic heterocycles. The van der Waals surface area contributed by atoms with Crippen LogP contribution in [0.15, 0.2) is 18.2 Å². The minimum atomic E-state index is -0.387. The van der Waals surface area contributed by atoms with Crippen LogP contribution in [0.5, 0.6) is 0 Å². The van der Waals surface area contributed by atoms with Crippen molar-refractivity contribution in [1.82, 2.24) is 5.32 Å². The first kappa shape index (κ1) is 14.3. The molecule has 1 amide bonds. The minimum absolute atomic E-state index is 0.0134. The number of hydrogen-bond donors (Lipinski definition) is 3. The maximum Gasteiger partial charge on any atom is 0.221 e. The number of amides is 1. The van der Waals surface area contributed by atoms with E-state index >= 15 is 0 Å². The second-order valence-electron chi connectivity index (χ2n) is 4.65. The highest BCUT2D eigenvalue weighted by Crippen LogP contribution is 2.15. The zero-order chi connectivity index (χ0) is 13.5. The van der Waals surface area contributed by atoms with Crippen molar-refractivity contribution in [3.8, 4) is 0 Å². The van der Waals surface area contributed by atoms with Crippen LogP contribution >= 0.6 is 0 Å². The summed E-state index contributed by atoms with van der Waals surface area (Å²) in [5.41, 5.74) is 6.46. The van der Waals surface area contributed by atoms with Crippen molar-refractivity contribution in [2.75, 3.05) is 24.1 Å². The molecule has 0 atom stereocenters. The van der Waals surface area contributed by atoms with Crippen molar-refractivity contribution in [2.24, 2.45) is 5.92 Å². The van der Waals surface area contributed by atoms with Gasteiger partial charge in [-0.15, -0.1) is 0 Å². The Morgan fingerprint density at radius 2 is 2.11 bits per heavy atom. The highest BCUT2D eigenvalue weighted by molar-refractivity contribution is 5.76. The Bertz CT molecular complexity index is 387. The van der Waals surface area contributed by atoms with Crippen LogP contribution in [0.25, 0.3) is 0 Å². The van der Waals surface area contributed by atoms with Gasteiger partial charge in [0.2, 0.25) is 5.91 Å². The number of halogens is 1. The molecular formula is C13H20FN3O. The van der Waals surface area contributed by atoms with Crippen molar-refractivity contribution < 1.29 is 9.18 Å². The number of rotatable bonds is 6. The fraction of sp³-hybridized carbons (Fsp3) is 0.462. The van der Waals surface area contributed by atoms with E-state index in [0.29, 0.717) is 36.8 Å². The van der Waals surface area contributed by atoms with E-state index in [1.807, 2.05) is 13.8 Å². The fourth-order valence-corrected chi connectivity index (χ4v) is 1.44. The predicted molar refractivity (Wildman–Crippen MR) is 71.8 cm³/mol. The van der Waals surface area contributed by atoms with E-state index in [4.69, 9.17) is 5.73 Å². The van der Waals surface area contributed by atoms with E-state index in [-0.39, 0.29) is 11.7 Å². The van der Waals surface area contributed by atoms with Crippen LogP contribution in [0.2, 0.25) is 0 Å². The topological polar surface area (TPSA) is 67.2 Å². The molecule has 0 radical (unpaired) electrons. The number of nitrogens with two attached hydrogens (primary N) is 1. The van der Waals surface area contributed by atoms with Crippen LogP contribution in [0.1, 0.15) is 20.3 Å². The zero-order valence-electron chi connectivity index (χ0n) is 10.8. The zero-order valence-corrected chi connectivity index (χ0v) is 10.8. The van der Waals surface area contributed by atoms with Gasteiger partial charge in [-0.1, -0.05) is 13.8 Å². The Morgan fingerprint density at radius 1 is 1.39 bits per heavy atom. The lowest BCUT2D eigenvalue weighted by Crippen LogP contribution is -2.28. The molecule has 0 saturated carbocycles. The number of nitrogen functional groups attached to an aromatic ring is 1. The fourth-order valence-electron chi connectivity index (χ4n) is 1.44. The number of nitrogens with one attached hydrogen (secondary N) is 2. The van der Waals surface area contributed by atoms with Crippen LogP contribution in [0.4, 0.5) is 15.8 Å². The summed E-state index contributed by atoms with van der Waals surface area (Å²) >= 11 is 0. The number of carbonyl (C=O) groups excluding carboxylic acids is 1. The van der Waals surface area contributed by atoms with Crippen molar-refractivity contribution in [3.63, 3.8) is 0 Å². The smallest absolute Gasteiger partial charge is 0.221 e. The molecule has 0 saturated heterocycles. The minimum Gasteiger partial charge on any atom is -0.399 e. The average Bonchev–Trinajstić information content (AvgIpc) is 2.25. The molecule has 1 aromatic carbocycles. The van der Waals surface area contributed by atoms with E-state index in [9.17, 15) is 9.18 Å². The van der Waals surface area contributed by atoms with Crippen LogP contribution in [-0.4, -0.2) is 19.0 Å². The molecule has 0 bridgehead atoms. The number of anilines is 2. The number of hydrogen-bond acceptors (Lipinski definition) is 3. The Kier molecular flexibility index (Phi) is 5.42. The lowest BCUT2D eigenvalue weighted by Gasteiger charge is -2.09. The monoisotopic (exact) mass is 253 g/mol. The molecule has 0 fully saturated rings. The molecule has 4 nitrogen and oxygen atoms in total. The van der Waals surface area contributed by atoms with Gasteiger partial charge < -0.3 is 16.4 Å². The van der Waals surface area contributed by atoms with Gasteiger partial charge in [0.15, 0.2) is 0 Å². The molecule has 18 heavy (non-hydrogen) atoms. The van der Waals surface area contributed by atoms with E-state index in [1.165, 1.54) is 12.1 Å². The summed E-state index contributed by atoms with van der Waals surface area (Å²) < 4.78 is 13.0. The van der Waals surface area contributed by atoms with Gasteiger partial charge in [-0.25, -0.2) is 4.39 Å². The second-order valence-corrected chi connectivity index (χ2v) is 4.65. The largest absolute Gasteiger partial charge is 0.399 e. The molecule has 100 valence electrons. The summed E-state index contributed by atoms with van der Waals surface area (Å²) in [6.45, 7) is 5.20. The molecular weight excluding hydrogens is 233 g/mol. The van der Waals surface area contributed by atoms with Crippen LogP contribution in [-0.2, 0) is 4.79 Å². The van der Waals surface area contributed by atoms with E-state index in [2.05, 4.69) is 10.6 Å². The van der Waals surface area contributed by atoms with Crippen molar-refractivity contribution in [2.45, 2.75) is 20.3 Å². The first-order chi connectivity index (χ1) is 8.47. The highest BCUT2D eigenvalue weighted by Gasteiger charge is 2.03. The van der Waals surface area contributed by atoms with Gasteiger partial charge in [-0.05, 0) is 24.1 Å². The summed E-state index contributed by atoms with van der Waals surface area (Å²) in [7, 11) is 0. The average molecular weight is 253 g/mol. The Hall–Kier alpha value is -1.78. The predicted octanol–water partition coefficient (Wildman–Crippen LogP) is 1.98. The molecule has 0 aliphatic rings. The molecule has 0 aliphatic carbocycles. The van der Waals surface area contributed by atoms with Crippen LogP contribution in [0.3, 0.4) is 0 Å². The van der Waals surface area contributed by atoms with E-state index in [0.717, 1.165) is 0 Å². The van der Waals surface area contributed by atoms with E-state index in [1.54, 1.807) is 6.07 Å². The molecule has 1 rings (SSSR count). The summed E-state index contributed by atoms with van der Waals surface area (Å²) in [5, 5.41) is 5.78. The normalized spacial score (nSPS) is 10.4. The van der Waals surface area contributed by atoms with Crippen molar-refractivity contribution in [1.29, 1.82) is 0 Å². The molecule has 0 unspecified atom stereocenters. The van der Waals surface area contributed by atoms with Crippen LogP contribution in [0, 0.1) is 11.7 Å². The summed E-state index contributed by atoms with van der Waals surface area (Å²) in [6, 6.07) is 4.23. The van der Waals surface area contributed by atoms with Gasteiger partial charge in [-0.2, -0.15) is 0 Å². The Balaban J connectivity index is 2.30. The summed E-state index contributed by atoms with van der Waals surface area (Å²) in [6.07, 6.45) is 0.350. The molecule has 0 heterocycles. The third-order valence-corrected chi connectivity index (χ3v) is 2.31.